The van der Waals surface area contributed by atoms with E-state index in [2.05, 4.69) is 5.32 Å². The Hall–Kier alpha value is -1.37. The molecule has 0 saturated carbocycles. The molecule has 110 valence electrons. The van der Waals surface area contributed by atoms with Crippen LogP contribution in [0.1, 0.15) is 5.56 Å². The van der Waals surface area contributed by atoms with E-state index >= 15 is 0 Å². The van der Waals surface area contributed by atoms with Crippen molar-refractivity contribution in [1.82, 2.24) is 0 Å². The first-order chi connectivity index (χ1) is 9.93. The van der Waals surface area contributed by atoms with E-state index in [9.17, 15) is 8.78 Å². The van der Waals surface area contributed by atoms with Gasteiger partial charge in [0.15, 0.2) is 5.82 Å². The highest BCUT2D eigenvalue weighted by Gasteiger charge is 2.15. The molecule has 0 unspecified atom stereocenters. The number of halogens is 3. The molecule has 0 spiro atoms. The van der Waals surface area contributed by atoms with Gasteiger partial charge in [-0.05, 0) is 24.5 Å². The minimum absolute atomic E-state index is 0.0196. The van der Waals surface area contributed by atoms with Gasteiger partial charge in [-0.1, -0.05) is 29.9 Å². The summed E-state index contributed by atoms with van der Waals surface area (Å²) >= 11 is 12.4. The Kier molecular flexibility index (Phi) is 5.03. The van der Waals surface area contributed by atoms with Crippen LogP contribution in [-0.4, -0.2) is 11.2 Å². The van der Waals surface area contributed by atoms with Gasteiger partial charge in [-0.15, -0.1) is 11.8 Å². The molecule has 0 fully saturated rings. The van der Waals surface area contributed by atoms with Gasteiger partial charge >= 0.3 is 0 Å². The van der Waals surface area contributed by atoms with Crippen molar-refractivity contribution >= 4 is 51.9 Å². The van der Waals surface area contributed by atoms with Crippen LogP contribution in [0.5, 0.6) is 0 Å². The molecule has 0 amide bonds. The molecular weight excluding hydrogens is 334 g/mol. The van der Waals surface area contributed by atoms with Crippen LogP contribution >= 0.6 is 35.6 Å². The van der Waals surface area contributed by atoms with E-state index < -0.39 is 11.6 Å². The van der Waals surface area contributed by atoms with Gasteiger partial charge in [0.05, 0.1) is 10.7 Å². The largest absolute Gasteiger partial charge is 0.389 e. The maximum Gasteiger partial charge on any atom is 0.151 e. The van der Waals surface area contributed by atoms with Gasteiger partial charge in [-0.3, -0.25) is 0 Å². The highest BCUT2D eigenvalue weighted by Crippen LogP contribution is 2.33. The number of thiocarbonyl (C=S) groups is 1. The molecule has 0 saturated heterocycles. The zero-order valence-electron chi connectivity index (χ0n) is 10.9. The van der Waals surface area contributed by atoms with Crippen LogP contribution < -0.4 is 11.1 Å². The fourth-order valence-electron chi connectivity index (χ4n) is 1.86. The van der Waals surface area contributed by atoms with E-state index in [0.717, 1.165) is 17.0 Å². The summed E-state index contributed by atoms with van der Waals surface area (Å²) in [4.78, 5) is 1.03. The summed E-state index contributed by atoms with van der Waals surface area (Å²) in [5.74, 6) is -1.53. The monoisotopic (exact) mass is 344 g/mol. The molecule has 0 aliphatic carbocycles. The molecule has 2 aromatic carbocycles. The minimum atomic E-state index is -0.788. The van der Waals surface area contributed by atoms with Crippen LogP contribution in [0.15, 0.2) is 35.2 Å². The van der Waals surface area contributed by atoms with Crippen molar-refractivity contribution in [3.63, 3.8) is 0 Å². The number of hydrogen-bond acceptors (Lipinski definition) is 3. The molecule has 2 aromatic rings. The molecule has 0 heterocycles. The number of rotatable bonds is 4. The molecule has 21 heavy (non-hydrogen) atoms. The maximum absolute atomic E-state index is 13.9. The Morgan fingerprint density at radius 2 is 2.05 bits per heavy atom. The lowest BCUT2D eigenvalue weighted by atomic mass is 10.1. The zero-order valence-corrected chi connectivity index (χ0v) is 13.3. The third kappa shape index (κ3) is 3.45. The van der Waals surface area contributed by atoms with Gasteiger partial charge in [0.1, 0.15) is 10.8 Å². The van der Waals surface area contributed by atoms with Crippen LogP contribution in [-0.2, 0) is 0 Å². The lowest BCUT2D eigenvalue weighted by molar-refractivity contribution is 0.586. The van der Waals surface area contributed by atoms with Crippen molar-refractivity contribution < 1.29 is 8.78 Å². The van der Waals surface area contributed by atoms with E-state index in [-0.39, 0.29) is 15.7 Å². The van der Waals surface area contributed by atoms with Gasteiger partial charge in [-0.25, -0.2) is 8.78 Å². The quantitative estimate of drug-likeness (QED) is 0.622. The Labute approximate surface area is 135 Å². The summed E-state index contributed by atoms with van der Waals surface area (Å²) in [6.07, 6.45) is 1.88. The fraction of sp³-hybridized carbons (Fsp3) is 0.0714. The molecule has 0 aromatic heterocycles. The molecule has 0 radical (unpaired) electrons. The summed E-state index contributed by atoms with van der Waals surface area (Å²) in [5, 5.41) is 2.78. The summed E-state index contributed by atoms with van der Waals surface area (Å²) in [5.41, 5.74) is 6.83. The second kappa shape index (κ2) is 6.60. The smallest absolute Gasteiger partial charge is 0.151 e. The number of anilines is 2. The molecule has 0 atom stereocenters. The first-order valence-corrected chi connectivity index (χ1v) is 7.83. The number of nitrogens with one attached hydrogen (secondary N) is 1. The normalized spacial score (nSPS) is 10.5. The first-order valence-electron chi connectivity index (χ1n) is 5.82. The molecule has 7 heteroatoms. The molecule has 2 nitrogen and oxygen atoms in total. The van der Waals surface area contributed by atoms with Crippen LogP contribution in [0.2, 0.25) is 5.02 Å². The van der Waals surface area contributed by atoms with Gasteiger partial charge in [-0.2, -0.15) is 0 Å². The van der Waals surface area contributed by atoms with Crippen molar-refractivity contribution in [2.45, 2.75) is 4.90 Å². The molecule has 0 bridgehead atoms. The molecule has 0 aliphatic rings. The number of nitrogens with two attached hydrogens (primary N) is 1. The minimum Gasteiger partial charge on any atom is -0.389 e. The number of hydrogen-bond donors (Lipinski definition) is 2. The Morgan fingerprint density at radius 3 is 2.62 bits per heavy atom. The number of benzene rings is 2. The van der Waals surface area contributed by atoms with Crippen LogP contribution in [0, 0.1) is 11.6 Å². The predicted molar refractivity (Wildman–Crippen MR) is 88.8 cm³/mol. The average molecular weight is 345 g/mol. The van der Waals surface area contributed by atoms with Crippen molar-refractivity contribution in [2.75, 3.05) is 11.6 Å². The van der Waals surface area contributed by atoms with E-state index in [0.29, 0.717) is 11.3 Å². The lowest BCUT2D eigenvalue weighted by Crippen LogP contribution is -2.13. The van der Waals surface area contributed by atoms with E-state index in [1.165, 1.54) is 11.8 Å². The predicted octanol–water partition coefficient (Wildman–Crippen LogP) is 4.72. The summed E-state index contributed by atoms with van der Waals surface area (Å²) in [6, 6.07) is 7.13. The van der Waals surface area contributed by atoms with Gasteiger partial charge < -0.3 is 11.1 Å². The second-order valence-electron chi connectivity index (χ2n) is 4.12. The Balaban J connectivity index is 2.52. The summed E-state index contributed by atoms with van der Waals surface area (Å²) < 4.78 is 26.9. The zero-order chi connectivity index (χ0) is 15.6. The van der Waals surface area contributed by atoms with Gasteiger partial charge in [0, 0.05) is 22.2 Å². The van der Waals surface area contributed by atoms with Crippen LogP contribution in [0.3, 0.4) is 0 Å². The number of thioether (sulfide) groups is 1. The topological polar surface area (TPSA) is 38.0 Å². The van der Waals surface area contributed by atoms with E-state index in [1.54, 1.807) is 12.1 Å². The van der Waals surface area contributed by atoms with Crippen molar-refractivity contribution in [2.24, 2.45) is 5.73 Å². The average Bonchev–Trinajstić information content (AvgIpc) is 2.42. The Bertz CT molecular complexity index is 684. The van der Waals surface area contributed by atoms with E-state index in [4.69, 9.17) is 29.6 Å². The van der Waals surface area contributed by atoms with Crippen LogP contribution in [0.4, 0.5) is 20.2 Å². The fourth-order valence-corrected chi connectivity index (χ4v) is 3.02. The summed E-state index contributed by atoms with van der Waals surface area (Å²) in [6.45, 7) is 0. The third-order valence-corrected chi connectivity index (χ3v) is 4.04. The Morgan fingerprint density at radius 1 is 1.33 bits per heavy atom. The standard InChI is InChI=1S/C14H11ClF2N2S2/c1-21-11-4-2-3-10(12(11)14(18)20)19-13-8(15)5-7(16)6-9(13)17/h2-6,19H,1H3,(H2,18,20). The van der Waals surface area contributed by atoms with Crippen molar-refractivity contribution in [3.05, 3.63) is 52.6 Å². The lowest BCUT2D eigenvalue weighted by Gasteiger charge is -2.15. The maximum atomic E-state index is 13.9. The van der Waals surface area contributed by atoms with Crippen molar-refractivity contribution in [1.29, 1.82) is 0 Å². The second-order valence-corrected chi connectivity index (χ2v) is 5.81. The first kappa shape index (κ1) is 16.0. The van der Waals surface area contributed by atoms with Gasteiger partial charge in [0.2, 0.25) is 0 Å². The summed E-state index contributed by atoms with van der Waals surface area (Å²) in [7, 11) is 0. The SMILES string of the molecule is CSc1cccc(Nc2c(F)cc(F)cc2Cl)c1C(N)=S. The molecule has 3 N–H and O–H groups in total. The third-order valence-electron chi connectivity index (χ3n) is 2.76. The van der Waals surface area contributed by atoms with Gasteiger partial charge in [0.25, 0.3) is 0 Å². The van der Waals surface area contributed by atoms with Crippen LogP contribution in [0.25, 0.3) is 0 Å². The highest BCUT2D eigenvalue weighted by atomic mass is 35.5. The molecule has 2 rings (SSSR count). The highest BCUT2D eigenvalue weighted by molar-refractivity contribution is 7.98. The molecular formula is C14H11ClF2N2S2. The molecule has 0 aliphatic heterocycles. The van der Waals surface area contributed by atoms with Crippen molar-refractivity contribution in [3.8, 4) is 0 Å². The van der Waals surface area contributed by atoms with E-state index in [1.807, 2.05) is 12.3 Å².